The third kappa shape index (κ3) is 7.34. The molecule has 0 radical (unpaired) electrons. The first-order valence-electron chi connectivity index (χ1n) is 21.2. The highest BCUT2D eigenvalue weighted by atomic mass is 16.5. The molecule has 9 rings (SSSR count). The van der Waals surface area contributed by atoms with Gasteiger partial charge in [-0.25, -0.2) is 4.98 Å². The van der Waals surface area contributed by atoms with Gasteiger partial charge >= 0.3 is 0 Å². The third-order valence-electron chi connectivity index (χ3n) is 11.8. The van der Waals surface area contributed by atoms with Crippen LogP contribution in [0.5, 0.6) is 11.5 Å². The van der Waals surface area contributed by atoms with Crippen LogP contribution in [0.4, 0.5) is 11.4 Å². The number of hydrogen-bond donors (Lipinski definition) is 0. The largest absolute Gasteiger partial charge is 0.457 e. The normalized spacial score (nSPS) is 13.3. The molecule has 1 aliphatic rings. The summed E-state index contributed by atoms with van der Waals surface area (Å²) in [4.78, 5) is 9.68. The monoisotopic (exact) mass is 786 g/mol. The van der Waals surface area contributed by atoms with Gasteiger partial charge in [0, 0.05) is 52.8 Å². The second-order valence-electron chi connectivity index (χ2n) is 18.4. The minimum absolute atomic E-state index is 0.0919. The summed E-state index contributed by atoms with van der Waals surface area (Å²) in [7, 11) is 0. The average Bonchev–Trinajstić information content (AvgIpc) is 3.87. The fourth-order valence-corrected chi connectivity index (χ4v) is 8.63. The first kappa shape index (κ1) is 38.9. The predicted molar refractivity (Wildman–Crippen MR) is 253 cm³/mol. The van der Waals surface area contributed by atoms with E-state index in [1.807, 2.05) is 12.3 Å². The number of rotatable bonds is 8. The van der Waals surface area contributed by atoms with Crippen molar-refractivity contribution in [2.75, 3.05) is 16.5 Å². The van der Waals surface area contributed by atoms with Crippen LogP contribution in [-0.4, -0.2) is 16.2 Å². The van der Waals surface area contributed by atoms with E-state index >= 15 is 0 Å². The molecule has 0 saturated heterocycles. The number of nitrogens with zero attached hydrogens (tertiary/aromatic N) is 4. The Morgan fingerprint density at radius 3 is 2.07 bits per heavy atom. The Kier molecular flexibility index (Phi) is 9.87. The molecule has 0 amide bonds. The molecule has 2 aromatic heterocycles. The van der Waals surface area contributed by atoms with E-state index in [9.17, 15) is 0 Å². The van der Waals surface area contributed by atoms with Crippen molar-refractivity contribution >= 4 is 33.2 Å². The van der Waals surface area contributed by atoms with Gasteiger partial charge in [-0.15, -0.1) is 0 Å². The van der Waals surface area contributed by atoms with Gasteiger partial charge in [-0.1, -0.05) is 152 Å². The maximum absolute atomic E-state index is 6.74. The van der Waals surface area contributed by atoms with E-state index < -0.39 is 0 Å². The summed E-state index contributed by atoms with van der Waals surface area (Å²) in [5, 5.41) is 2.37. The van der Waals surface area contributed by atoms with E-state index in [4.69, 9.17) is 9.72 Å². The number of aromatic nitrogens is 2. The minimum Gasteiger partial charge on any atom is -0.457 e. The summed E-state index contributed by atoms with van der Waals surface area (Å²) in [5.41, 5.74) is 13.2. The molecular weight excluding hydrogens is 733 g/mol. The number of para-hydroxylation sites is 2. The molecule has 0 saturated carbocycles. The van der Waals surface area contributed by atoms with E-state index in [1.165, 1.54) is 50.0 Å². The SMILES string of the molecule is CC(C)c1cccc(-c2ccccc2)c1N1C=CN(c2cccc(Oc3ccc4c5cccc(C(C)(C)C)c5n(-c5cc(-c6ccc(C(C)(C)C)cc6)ccn5)c4c3)c2)C1. The number of benzene rings is 6. The van der Waals surface area contributed by atoms with Gasteiger partial charge < -0.3 is 14.5 Å². The zero-order valence-corrected chi connectivity index (χ0v) is 36.1. The van der Waals surface area contributed by atoms with E-state index in [1.54, 1.807) is 0 Å². The van der Waals surface area contributed by atoms with Gasteiger partial charge in [-0.05, 0) is 86.5 Å². The molecule has 0 unspecified atom stereocenters. The summed E-state index contributed by atoms with van der Waals surface area (Å²) in [6.07, 6.45) is 6.30. The lowest BCUT2D eigenvalue weighted by Gasteiger charge is -2.27. The van der Waals surface area contributed by atoms with Crippen LogP contribution < -0.4 is 14.5 Å². The second-order valence-corrected chi connectivity index (χ2v) is 18.4. The zero-order valence-electron chi connectivity index (χ0n) is 36.1. The maximum atomic E-state index is 6.74. The molecule has 5 heteroatoms. The second kappa shape index (κ2) is 15.2. The Labute approximate surface area is 355 Å². The molecule has 0 atom stereocenters. The van der Waals surface area contributed by atoms with Gasteiger partial charge in [0.2, 0.25) is 0 Å². The first-order valence-corrected chi connectivity index (χ1v) is 21.2. The van der Waals surface area contributed by atoms with Gasteiger partial charge in [0.05, 0.1) is 23.4 Å². The molecule has 0 spiro atoms. The number of ether oxygens (including phenoxy) is 1. The number of hydrogen-bond acceptors (Lipinski definition) is 4. The molecule has 0 bridgehead atoms. The van der Waals surface area contributed by atoms with Crippen molar-refractivity contribution in [3.8, 4) is 39.6 Å². The van der Waals surface area contributed by atoms with E-state index in [0.29, 0.717) is 12.6 Å². The standard InChI is InChI=1S/C55H54N4O/c1-37(2)45-19-13-20-46(39-15-10-9-11-16-39)52(45)58-32-31-57(36-58)42-17-12-18-43(34-42)60-44-27-28-47-48-21-14-22-49(55(6,7)8)53(48)59(50(47)35-44)51-33-40(29-30-56-51)38-23-25-41(26-24-38)54(3,4)5/h9-35,37H,36H2,1-8H3. The predicted octanol–water partition coefficient (Wildman–Crippen LogP) is 14.8. The minimum atomic E-state index is -0.0919. The van der Waals surface area contributed by atoms with E-state index in [-0.39, 0.29) is 10.8 Å². The van der Waals surface area contributed by atoms with Gasteiger partial charge in [0.15, 0.2) is 0 Å². The van der Waals surface area contributed by atoms with Crippen molar-refractivity contribution < 1.29 is 4.74 Å². The topological polar surface area (TPSA) is 33.5 Å². The highest BCUT2D eigenvalue weighted by Crippen LogP contribution is 2.42. The molecule has 0 aliphatic carbocycles. The highest BCUT2D eigenvalue weighted by Gasteiger charge is 2.25. The molecule has 3 heterocycles. The summed E-state index contributed by atoms with van der Waals surface area (Å²) in [6.45, 7) is 18.9. The smallest absolute Gasteiger partial charge is 0.138 e. The van der Waals surface area contributed by atoms with Crippen molar-refractivity contribution in [1.29, 1.82) is 0 Å². The van der Waals surface area contributed by atoms with Crippen molar-refractivity contribution in [3.63, 3.8) is 0 Å². The summed E-state index contributed by atoms with van der Waals surface area (Å²) in [5.74, 6) is 2.81. The first-order chi connectivity index (χ1) is 28.8. The van der Waals surface area contributed by atoms with Crippen molar-refractivity contribution in [2.24, 2.45) is 0 Å². The van der Waals surface area contributed by atoms with Crippen molar-refractivity contribution in [3.05, 3.63) is 181 Å². The summed E-state index contributed by atoms with van der Waals surface area (Å²) >= 11 is 0. The van der Waals surface area contributed by atoms with Crippen LogP contribution in [0.15, 0.2) is 164 Å². The van der Waals surface area contributed by atoms with Crippen LogP contribution >= 0.6 is 0 Å². The molecule has 0 N–H and O–H groups in total. The quantitative estimate of drug-likeness (QED) is 0.154. The Morgan fingerprint density at radius 1 is 0.583 bits per heavy atom. The number of pyridine rings is 1. The summed E-state index contributed by atoms with van der Waals surface area (Å²) in [6, 6.07) is 52.2. The van der Waals surface area contributed by atoms with Crippen LogP contribution in [0.2, 0.25) is 0 Å². The maximum Gasteiger partial charge on any atom is 0.138 e. The Hall–Kier alpha value is -6.59. The average molecular weight is 787 g/mol. The molecule has 8 aromatic rings. The zero-order chi connectivity index (χ0) is 41.8. The molecule has 300 valence electrons. The lowest BCUT2D eigenvalue weighted by atomic mass is 9.85. The van der Waals surface area contributed by atoms with E-state index in [2.05, 4.69) is 222 Å². The Morgan fingerprint density at radius 2 is 1.32 bits per heavy atom. The summed E-state index contributed by atoms with van der Waals surface area (Å²) < 4.78 is 9.08. The number of anilines is 2. The van der Waals surface area contributed by atoms with Crippen LogP contribution in [-0.2, 0) is 10.8 Å². The van der Waals surface area contributed by atoms with Crippen LogP contribution in [0.3, 0.4) is 0 Å². The van der Waals surface area contributed by atoms with Crippen LogP contribution in [0, 0.1) is 0 Å². The Bertz CT molecular complexity index is 2870. The van der Waals surface area contributed by atoms with Gasteiger partial charge in [0.25, 0.3) is 0 Å². The Balaban J connectivity index is 1.06. The number of fused-ring (bicyclic) bond motifs is 3. The van der Waals surface area contributed by atoms with Crippen molar-refractivity contribution in [2.45, 2.75) is 72.1 Å². The lowest BCUT2D eigenvalue weighted by molar-refractivity contribution is 0.483. The lowest BCUT2D eigenvalue weighted by Crippen LogP contribution is -2.26. The molecule has 1 aliphatic heterocycles. The molecule has 60 heavy (non-hydrogen) atoms. The fourth-order valence-electron chi connectivity index (χ4n) is 8.63. The van der Waals surface area contributed by atoms with Crippen LogP contribution in [0.1, 0.15) is 78.0 Å². The molecule has 5 nitrogen and oxygen atoms in total. The van der Waals surface area contributed by atoms with Crippen molar-refractivity contribution in [1.82, 2.24) is 9.55 Å². The fraction of sp³-hybridized carbons (Fsp3) is 0.218. The van der Waals surface area contributed by atoms with Gasteiger partial charge in [0.1, 0.15) is 17.3 Å². The van der Waals surface area contributed by atoms with Gasteiger partial charge in [-0.3, -0.25) is 4.57 Å². The van der Waals surface area contributed by atoms with Crippen LogP contribution in [0.25, 0.3) is 49.9 Å². The molecule has 6 aromatic carbocycles. The molecular formula is C55H54N4O. The third-order valence-corrected chi connectivity index (χ3v) is 11.8. The van der Waals surface area contributed by atoms with Gasteiger partial charge in [-0.2, -0.15) is 0 Å². The highest BCUT2D eigenvalue weighted by molar-refractivity contribution is 6.11. The van der Waals surface area contributed by atoms with E-state index in [0.717, 1.165) is 39.5 Å². The molecule has 0 fully saturated rings.